The van der Waals surface area contributed by atoms with Gasteiger partial charge < -0.3 is 14.8 Å². The van der Waals surface area contributed by atoms with Gasteiger partial charge in [-0.1, -0.05) is 11.6 Å². The largest absolute Gasteiger partial charge is 0.486 e. The Kier molecular flexibility index (Phi) is 9.59. The van der Waals surface area contributed by atoms with Gasteiger partial charge in [0.25, 0.3) is 0 Å². The van der Waals surface area contributed by atoms with E-state index in [9.17, 15) is 13.2 Å². The van der Waals surface area contributed by atoms with Crippen molar-refractivity contribution in [1.82, 2.24) is 10.0 Å². The van der Waals surface area contributed by atoms with E-state index in [1.54, 1.807) is 13.8 Å². The van der Waals surface area contributed by atoms with Gasteiger partial charge in [-0.25, -0.2) is 13.1 Å². The Balaban J connectivity index is 1.56. The number of hydrogen-bond donors (Lipinski definition) is 2. The van der Waals surface area contributed by atoms with Crippen molar-refractivity contribution in [2.24, 2.45) is 0 Å². The molecular formula is C24H37ClN2O5S. The van der Waals surface area contributed by atoms with Gasteiger partial charge in [-0.05, 0) is 89.5 Å². The molecule has 1 aliphatic heterocycles. The Morgan fingerprint density at radius 3 is 2.61 bits per heavy atom. The van der Waals surface area contributed by atoms with Crippen molar-refractivity contribution < 1.29 is 22.7 Å². The Morgan fingerprint density at radius 2 is 1.94 bits per heavy atom. The number of ether oxygens (including phenoxy) is 2. The number of nitrogens with one attached hydrogen (secondary N) is 2. The lowest BCUT2D eigenvalue weighted by molar-refractivity contribution is -0.109. The van der Waals surface area contributed by atoms with E-state index in [0.717, 1.165) is 68.2 Å². The fraction of sp³-hybridized carbons (Fsp3) is 0.708. The van der Waals surface area contributed by atoms with Crippen LogP contribution in [0.1, 0.15) is 69.4 Å². The Hall–Kier alpha value is -1.19. The molecule has 1 aromatic carbocycles. The zero-order valence-corrected chi connectivity index (χ0v) is 21.4. The molecule has 3 rings (SSSR count). The molecule has 0 radical (unpaired) electrons. The quantitative estimate of drug-likeness (QED) is 0.475. The molecular weight excluding hydrogens is 464 g/mol. The molecule has 2 aliphatic rings. The number of rotatable bonds is 10. The minimum absolute atomic E-state index is 0.0245. The summed E-state index contributed by atoms with van der Waals surface area (Å²) in [5.74, 6) is 1.05. The lowest BCUT2D eigenvalue weighted by atomic mass is 9.80. The first-order valence-electron chi connectivity index (χ1n) is 11.9. The Labute approximate surface area is 203 Å². The molecule has 1 heterocycles. The molecule has 186 valence electrons. The summed E-state index contributed by atoms with van der Waals surface area (Å²) in [7, 11) is -3.32. The van der Waals surface area contributed by atoms with Crippen molar-refractivity contribution in [2.45, 2.75) is 88.7 Å². The van der Waals surface area contributed by atoms with Crippen LogP contribution in [0.25, 0.3) is 0 Å². The highest BCUT2D eigenvalue weighted by molar-refractivity contribution is 7.90. The molecule has 1 aliphatic carbocycles. The van der Waals surface area contributed by atoms with Crippen molar-refractivity contribution in [3.63, 3.8) is 0 Å². The van der Waals surface area contributed by atoms with E-state index in [4.69, 9.17) is 21.1 Å². The summed E-state index contributed by atoms with van der Waals surface area (Å²) in [6.45, 7) is 6.78. The van der Waals surface area contributed by atoms with Gasteiger partial charge in [0, 0.05) is 22.7 Å². The van der Waals surface area contributed by atoms with Crippen molar-refractivity contribution in [3.05, 3.63) is 28.3 Å². The van der Waals surface area contributed by atoms with Gasteiger partial charge in [0.2, 0.25) is 10.0 Å². The molecule has 0 bridgehead atoms. The van der Waals surface area contributed by atoms with Crippen LogP contribution in [-0.2, 0) is 19.6 Å². The van der Waals surface area contributed by atoms with Crippen LogP contribution >= 0.6 is 11.6 Å². The van der Waals surface area contributed by atoms with Crippen LogP contribution < -0.4 is 14.8 Å². The fourth-order valence-electron chi connectivity index (χ4n) is 4.81. The van der Waals surface area contributed by atoms with Gasteiger partial charge in [0.05, 0.1) is 18.0 Å². The third-order valence-corrected chi connectivity index (χ3v) is 9.11. The molecule has 1 saturated carbocycles. The van der Waals surface area contributed by atoms with Crippen molar-refractivity contribution in [1.29, 1.82) is 0 Å². The normalized spacial score (nSPS) is 26.3. The van der Waals surface area contributed by atoms with E-state index in [1.165, 1.54) is 0 Å². The molecule has 0 aromatic heterocycles. The summed E-state index contributed by atoms with van der Waals surface area (Å²) >= 11 is 6.38. The number of piperidine rings is 1. The summed E-state index contributed by atoms with van der Waals surface area (Å²) in [6, 6.07) is 3.50. The lowest BCUT2D eigenvalue weighted by Crippen LogP contribution is -2.56. The highest BCUT2D eigenvalue weighted by Crippen LogP contribution is 2.42. The lowest BCUT2D eigenvalue weighted by Gasteiger charge is -2.36. The molecule has 2 N–H and O–H groups in total. The highest BCUT2D eigenvalue weighted by Gasteiger charge is 2.32. The minimum atomic E-state index is -3.32. The average molecular weight is 501 g/mol. The van der Waals surface area contributed by atoms with E-state index >= 15 is 0 Å². The van der Waals surface area contributed by atoms with E-state index in [2.05, 4.69) is 10.0 Å². The van der Waals surface area contributed by atoms with Crippen LogP contribution in [0.3, 0.4) is 0 Å². The van der Waals surface area contributed by atoms with Gasteiger partial charge in [-0.2, -0.15) is 0 Å². The first-order valence-corrected chi connectivity index (χ1v) is 13.9. The van der Waals surface area contributed by atoms with E-state index in [0.29, 0.717) is 17.5 Å². The minimum Gasteiger partial charge on any atom is -0.486 e. The number of aldehydes is 1. The second-order valence-electron chi connectivity index (χ2n) is 9.39. The molecule has 0 amide bonds. The topological polar surface area (TPSA) is 93.7 Å². The predicted molar refractivity (Wildman–Crippen MR) is 131 cm³/mol. The Bertz CT molecular complexity index is 900. The molecule has 0 spiro atoms. The molecule has 0 unspecified atom stereocenters. The molecule has 33 heavy (non-hydrogen) atoms. The summed E-state index contributed by atoms with van der Waals surface area (Å²) < 4.78 is 39.5. The third kappa shape index (κ3) is 6.92. The first-order chi connectivity index (χ1) is 15.7. The monoisotopic (exact) mass is 500 g/mol. The van der Waals surface area contributed by atoms with Gasteiger partial charge in [0.15, 0.2) is 6.29 Å². The number of benzene rings is 1. The summed E-state index contributed by atoms with van der Waals surface area (Å²) in [5.41, 5.74) is 2.11. The molecule has 2 atom stereocenters. The summed E-state index contributed by atoms with van der Waals surface area (Å²) in [5, 5.41) is 3.69. The SMILES string of the molecule is Cc1c(Cl)ccc(OCC=O)c1[C@H]1CC[C@@H](OC[C@@H]2NCCC[C@@H]2NS(=O)(=O)C(C)C)CC1. The van der Waals surface area contributed by atoms with Crippen LogP contribution in [-0.4, -0.2) is 57.9 Å². The van der Waals surface area contributed by atoms with Crippen molar-refractivity contribution in [3.8, 4) is 5.75 Å². The molecule has 7 nitrogen and oxygen atoms in total. The second kappa shape index (κ2) is 12.0. The van der Waals surface area contributed by atoms with Crippen LogP contribution in [0.5, 0.6) is 5.75 Å². The van der Waals surface area contributed by atoms with Gasteiger partial charge in [0.1, 0.15) is 12.4 Å². The van der Waals surface area contributed by atoms with Crippen molar-refractivity contribution in [2.75, 3.05) is 19.8 Å². The van der Waals surface area contributed by atoms with Gasteiger partial charge >= 0.3 is 0 Å². The third-order valence-electron chi connectivity index (χ3n) is 6.83. The van der Waals surface area contributed by atoms with E-state index in [-0.39, 0.29) is 24.8 Å². The highest BCUT2D eigenvalue weighted by atomic mass is 35.5. The molecule has 2 fully saturated rings. The predicted octanol–water partition coefficient (Wildman–Crippen LogP) is 3.72. The molecule has 1 saturated heterocycles. The maximum atomic E-state index is 12.3. The maximum Gasteiger partial charge on any atom is 0.214 e. The molecule has 1 aromatic rings. The van der Waals surface area contributed by atoms with Gasteiger partial charge in [-0.3, -0.25) is 4.79 Å². The molecule has 9 heteroatoms. The standard InChI is InChI=1S/C24H37ClN2O5S/c1-16(2)33(29,30)27-21-5-4-12-26-22(21)15-32-19-8-6-18(7-9-19)24-17(3)20(25)10-11-23(24)31-14-13-28/h10-11,13,16,18-19,21-22,26-27H,4-9,12,14-15H2,1-3H3/t18-,19+,21-,22-/m0/s1. The summed E-state index contributed by atoms with van der Waals surface area (Å²) in [4.78, 5) is 10.8. The van der Waals surface area contributed by atoms with Crippen molar-refractivity contribution >= 4 is 27.9 Å². The van der Waals surface area contributed by atoms with E-state index < -0.39 is 15.3 Å². The average Bonchev–Trinajstić information content (AvgIpc) is 2.79. The number of sulfonamides is 1. The van der Waals surface area contributed by atoms with Crippen LogP contribution in [0.15, 0.2) is 12.1 Å². The second-order valence-corrected chi connectivity index (χ2v) is 12.1. The zero-order chi connectivity index (χ0) is 24.0. The maximum absolute atomic E-state index is 12.3. The number of carbonyl (C=O) groups is 1. The van der Waals surface area contributed by atoms with Crippen LogP contribution in [0, 0.1) is 6.92 Å². The number of hydrogen-bond acceptors (Lipinski definition) is 6. The zero-order valence-electron chi connectivity index (χ0n) is 19.8. The summed E-state index contributed by atoms with van der Waals surface area (Å²) in [6.07, 6.45) is 6.39. The first kappa shape index (κ1) is 26.4. The number of halogens is 1. The van der Waals surface area contributed by atoms with E-state index in [1.807, 2.05) is 19.1 Å². The smallest absolute Gasteiger partial charge is 0.214 e. The Morgan fingerprint density at radius 1 is 1.21 bits per heavy atom. The van der Waals surface area contributed by atoms with Crippen LogP contribution in [0.4, 0.5) is 0 Å². The number of carbonyl (C=O) groups excluding carboxylic acids is 1. The van der Waals surface area contributed by atoms with Crippen LogP contribution in [0.2, 0.25) is 5.02 Å². The van der Waals surface area contributed by atoms with Gasteiger partial charge in [-0.15, -0.1) is 0 Å². The fourth-order valence-corrected chi connectivity index (χ4v) is 5.95.